The van der Waals surface area contributed by atoms with Crippen LogP contribution < -0.4 is 5.73 Å². The Morgan fingerprint density at radius 2 is 1.94 bits per heavy atom. The van der Waals surface area contributed by atoms with Gasteiger partial charge in [0, 0.05) is 28.6 Å². The zero-order chi connectivity index (χ0) is 23.1. The highest BCUT2D eigenvalue weighted by Gasteiger charge is 2.16. The average Bonchev–Trinajstić information content (AvgIpc) is 3.37. The van der Waals surface area contributed by atoms with E-state index < -0.39 is 0 Å². The van der Waals surface area contributed by atoms with E-state index in [4.69, 9.17) is 10.3 Å². The summed E-state index contributed by atoms with van der Waals surface area (Å²) in [6.45, 7) is 11.2. The molecule has 32 heavy (non-hydrogen) atoms. The Labute approximate surface area is 193 Å². The van der Waals surface area contributed by atoms with Crippen LogP contribution in [0.1, 0.15) is 102 Å². The second-order valence-corrected chi connectivity index (χ2v) is 9.53. The standard InChI is InChI=1S/C15H17N.C13H24N2O/c1-10-5-3-8-14-13(10)9-15(16-14)11(2)12-6-4-7-12;1-4-6-11(8-7-10(3)5-2)12-9-13(14)16-15-12/h3,5,8-9,16H,4,6-7H2,1-2H3;9-11H,4-8,14H2,1-3H3. The highest BCUT2D eigenvalue weighted by atomic mass is 16.5. The molecule has 1 aliphatic rings. The number of aryl methyl sites for hydroxylation is 1. The molecule has 2 atom stereocenters. The minimum absolute atomic E-state index is 0.430. The highest BCUT2D eigenvalue weighted by molar-refractivity contribution is 5.87. The predicted molar refractivity (Wildman–Crippen MR) is 137 cm³/mol. The van der Waals surface area contributed by atoms with Gasteiger partial charge in [0.2, 0.25) is 5.88 Å². The smallest absolute Gasteiger partial charge is 0.222 e. The third-order valence-corrected chi connectivity index (χ3v) is 7.08. The Bertz CT molecular complexity index is 1020. The molecule has 1 saturated carbocycles. The Morgan fingerprint density at radius 3 is 2.50 bits per heavy atom. The molecular formula is C28H41N3O. The van der Waals surface area contributed by atoms with E-state index in [0.29, 0.717) is 11.8 Å². The van der Waals surface area contributed by atoms with Crippen molar-refractivity contribution in [2.45, 2.75) is 91.9 Å². The number of fused-ring (bicyclic) bond motifs is 1. The molecule has 174 valence electrons. The summed E-state index contributed by atoms with van der Waals surface area (Å²) in [6.07, 6.45) is 10.00. The Balaban J connectivity index is 0.000000181. The number of rotatable bonds is 8. The van der Waals surface area contributed by atoms with Gasteiger partial charge in [-0.1, -0.05) is 62.9 Å². The zero-order valence-electron chi connectivity index (χ0n) is 20.6. The molecule has 2 heterocycles. The van der Waals surface area contributed by atoms with E-state index in [1.807, 2.05) is 6.07 Å². The quantitative estimate of drug-likeness (QED) is 0.373. The lowest BCUT2D eigenvalue weighted by atomic mass is 9.87. The van der Waals surface area contributed by atoms with Crippen LogP contribution in [0.2, 0.25) is 0 Å². The van der Waals surface area contributed by atoms with Crippen LogP contribution in [0.15, 0.2) is 40.4 Å². The summed E-state index contributed by atoms with van der Waals surface area (Å²) in [5.41, 5.74) is 13.6. The van der Waals surface area contributed by atoms with Crippen molar-refractivity contribution >= 4 is 22.4 Å². The van der Waals surface area contributed by atoms with E-state index in [0.717, 1.165) is 11.6 Å². The third kappa shape index (κ3) is 6.05. The monoisotopic (exact) mass is 435 g/mol. The largest absolute Gasteiger partial charge is 0.368 e. The van der Waals surface area contributed by atoms with E-state index in [1.54, 1.807) is 5.57 Å². The molecule has 1 fully saturated rings. The van der Waals surface area contributed by atoms with Crippen molar-refractivity contribution in [3.05, 3.63) is 52.9 Å². The van der Waals surface area contributed by atoms with Crippen LogP contribution in [0.3, 0.4) is 0 Å². The van der Waals surface area contributed by atoms with E-state index in [9.17, 15) is 0 Å². The molecule has 0 spiro atoms. The van der Waals surface area contributed by atoms with Gasteiger partial charge in [0.15, 0.2) is 0 Å². The van der Waals surface area contributed by atoms with Crippen molar-refractivity contribution in [2.75, 3.05) is 5.73 Å². The number of allylic oxidation sites excluding steroid dienone is 2. The van der Waals surface area contributed by atoms with Gasteiger partial charge in [-0.3, -0.25) is 0 Å². The zero-order valence-corrected chi connectivity index (χ0v) is 20.6. The lowest BCUT2D eigenvalue weighted by Gasteiger charge is -2.19. The third-order valence-electron chi connectivity index (χ3n) is 7.08. The number of aromatic nitrogens is 2. The van der Waals surface area contributed by atoms with Crippen molar-refractivity contribution in [2.24, 2.45) is 5.92 Å². The van der Waals surface area contributed by atoms with Gasteiger partial charge >= 0.3 is 0 Å². The van der Waals surface area contributed by atoms with Crippen molar-refractivity contribution in [3.63, 3.8) is 0 Å². The van der Waals surface area contributed by atoms with Crippen molar-refractivity contribution < 1.29 is 4.52 Å². The number of nitrogen functional groups attached to an aromatic ring is 1. The molecule has 2 aromatic heterocycles. The van der Waals surface area contributed by atoms with Crippen molar-refractivity contribution in [1.29, 1.82) is 0 Å². The summed E-state index contributed by atoms with van der Waals surface area (Å²) in [4.78, 5) is 3.53. The summed E-state index contributed by atoms with van der Waals surface area (Å²) < 4.78 is 4.95. The Kier molecular flexibility index (Phi) is 8.60. The molecule has 3 N–H and O–H groups in total. The van der Waals surface area contributed by atoms with Crippen LogP contribution in [0.25, 0.3) is 16.5 Å². The van der Waals surface area contributed by atoms with Gasteiger partial charge in [0.25, 0.3) is 0 Å². The molecular weight excluding hydrogens is 394 g/mol. The van der Waals surface area contributed by atoms with Crippen molar-refractivity contribution in [3.8, 4) is 0 Å². The van der Waals surface area contributed by atoms with E-state index in [2.05, 4.69) is 69.0 Å². The summed E-state index contributed by atoms with van der Waals surface area (Å²) in [5, 5.41) is 5.40. The number of benzene rings is 1. The minimum atomic E-state index is 0.430. The summed E-state index contributed by atoms with van der Waals surface area (Å²) >= 11 is 0. The number of hydrogen-bond donors (Lipinski definition) is 2. The highest BCUT2D eigenvalue weighted by Crippen LogP contribution is 2.34. The predicted octanol–water partition coefficient (Wildman–Crippen LogP) is 8.40. The first-order valence-corrected chi connectivity index (χ1v) is 12.4. The molecule has 3 aromatic rings. The Morgan fingerprint density at radius 1 is 1.16 bits per heavy atom. The van der Waals surface area contributed by atoms with Gasteiger partial charge in [-0.2, -0.15) is 0 Å². The van der Waals surface area contributed by atoms with Gasteiger partial charge < -0.3 is 15.2 Å². The number of nitrogens with two attached hydrogens (primary N) is 1. The van der Waals surface area contributed by atoms with Crippen molar-refractivity contribution in [1.82, 2.24) is 10.1 Å². The fraction of sp³-hybridized carbons (Fsp3) is 0.536. The molecule has 0 radical (unpaired) electrons. The minimum Gasteiger partial charge on any atom is -0.368 e. The fourth-order valence-corrected chi connectivity index (χ4v) is 4.40. The fourth-order valence-electron chi connectivity index (χ4n) is 4.40. The second kappa shape index (κ2) is 11.4. The SMILES string of the molecule is CC(=C1CCC1)c1cc2c(C)cccc2[nH]1.CCCC(CCC(C)CC)c1cc(N)on1. The maximum absolute atomic E-state index is 5.57. The van der Waals surface area contributed by atoms with Crippen LogP contribution in [0.5, 0.6) is 0 Å². The topological polar surface area (TPSA) is 67.8 Å². The van der Waals surface area contributed by atoms with Crippen LogP contribution in [0.4, 0.5) is 5.88 Å². The molecule has 4 nitrogen and oxygen atoms in total. The van der Waals surface area contributed by atoms with E-state index in [1.165, 1.54) is 79.1 Å². The summed E-state index contributed by atoms with van der Waals surface area (Å²) in [6, 6.07) is 10.6. The lowest BCUT2D eigenvalue weighted by Crippen LogP contribution is -2.02. The number of nitrogens with zero attached hydrogens (tertiary/aromatic N) is 1. The molecule has 0 bridgehead atoms. The maximum Gasteiger partial charge on any atom is 0.222 e. The maximum atomic E-state index is 5.57. The normalized spacial score (nSPS) is 15.1. The molecule has 4 heteroatoms. The molecule has 2 unspecified atom stereocenters. The summed E-state index contributed by atoms with van der Waals surface area (Å²) in [7, 11) is 0. The van der Waals surface area contributed by atoms with Gasteiger partial charge in [-0.05, 0) is 75.1 Å². The van der Waals surface area contributed by atoms with Crippen LogP contribution >= 0.6 is 0 Å². The molecule has 0 saturated heterocycles. The van der Waals surface area contributed by atoms with Gasteiger partial charge in [-0.15, -0.1) is 0 Å². The second-order valence-electron chi connectivity index (χ2n) is 9.53. The number of H-pyrrole nitrogens is 1. The first-order valence-electron chi connectivity index (χ1n) is 12.4. The average molecular weight is 436 g/mol. The summed E-state index contributed by atoms with van der Waals surface area (Å²) in [5.74, 6) is 1.74. The molecule has 0 aliphatic heterocycles. The van der Waals surface area contributed by atoms with Gasteiger partial charge in [0.1, 0.15) is 0 Å². The van der Waals surface area contributed by atoms with E-state index in [-0.39, 0.29) is 0 Å². The number of aromatic amines is 1. The van der Waals surface area contributed by atoms with Gasteiger partial charge in [0.05, 0.1) is 5.69 Å². The Hall–Kier alpha value is -2.49. The first kappa shape index (κ1) is 24.2. The number of anilines is 1. The van der Waals surface area contributed by atoms with Gasteiger partial charge in [-0.25, -0.2) is 0 Å². The van der Waals surface area contributed by atoms with E-state index >= 15 is 0 Å². The lowest BCUT2D eigenvalue weighted by molar-refractivity contribution is 0.396. The number of nitrogens with one attached hydrogen (secondary N) is 1. The van der Waals surface area contributed by atoms with Crippen LogP contribution in [0, 0.1) is 12.8 Å². The molecule has 0 amide bonds. The first-order chi connectivity index (χ1) is 15.4. The molecule has 4 rings (SSSR count). The molecule has 1 aliphatic carbocycles. The number of hydrogen-bond acceptors (Lipinski definition) is 3. The molecule has 1 aromatic carbocycles. The van der Waals surface area contributed by atoms with Crippen LogP contribution in [-0.4, -0.2) is 10.1 Å². The van der Waals surface area contributed by atoms with Crippen LogP contribution in [-0.2, 0) is 0 Å².